The van der Waals surface area contributed by atoms with Crippen molar-refractivity contribution in [3.8, 4) is 0 Å². The molecule has 2 aliphatic rings. The maximum atomic E-state index is 14.4. The summed E-state index contributed by atoms with van der Waals surface area (Å²) in [6.07, 6.45) is -7.15. The van der Waals surface area contributed by atoms with E-state index in [0.29, 0.717) is 16.7 Å². The smallest absolute Gasteiger partial charge is 0.370 e. The molecular weight excluding hydrogens is 540 g/mol. The Hall–Kier alpha value is -3.47. The molecular formula is C27H27ClF4N4O3. The number of amides is 3. The van der Waals surface area contributed by atoms with Crippen LogP contribution in [0.5, 0.6) is 0 Å². The van der Waals surface area contributed by atoms with Crippen LogP contribution >= 0.6 is 11.6 Å². The number of halogens is 5. The van der Waals surface area contributed by atoms with Crippen LogP contribution in [0.1, 0.15) is 48.8 Å². The number of nitrogens with zero attached hydrogens (tertiary/aromatic N) is 2. The lowest BCUT2D eigenvalue weighted by Crippen LogP contribution is -2.50. The molecule has 2 atom stereocenters. The lowest BCUT2D eigenvalue weighted by atomic mass is 9.96. The molecule has 0 aromatic heterocycles. The molecule has 0 unspecified atom stereocenters. The number of nitrogens with one attached hydrogen (secondary N) is 1. The topological polar surface area (TPSA) is 105 Å². The third kappa shape index (κ3) is 7.14. The second-order valence-electron chi connectivity index (χ2n) is 9.98. The second-order valence-corrected chi connectivity index (χ2v) is 10.4. The molecule has 39 heavy (non-hydrogen) atoms. The fraction of sp³-hybridized carbons (Fsp3) is 0.407. The number of aliphatic imine (C=N–C) groups is 1. The number of benzene rings is 2. The van der Waals surface area contributed by atoms with Gasteiger partial charge in [-0.25, -0.2) is 9.38 Å². The number of anilines is 1. The van der Waals surface area contributed by atoms with Crippen LogP contribution in [0, 0.1) is 24.6 Å². The molecule has 1 saturated carbocycles. The van der Waals surface area contributed by atoms with Gasteiger partial charge in [0.15, 0.2) is 0 Å². The Morgan fingerprint density at radius 3 is 2.56 bits per heavy atom. The number of aryl methyl sites for hydroxylation is 1. The van der Waals surface area contributed by atoms with Crippen molar-refractivity contribution >= 4 is 40.7 Å². The highest BCUT2D eigenvalue weighted by Crippen LogP contribution is 2.36. The zero-order chi connectivity index (χ0) is 28.5. The van der Waals surface area contributed by atoms with Gasteiger partial charge in [-0.05, 0) is 61.9 Å². The number of rotatable bonds is 9. The van der Waals surface area contributed by atoms with Gasteiger partial charge in [0.1, 0.15) is 5.82 Å². The van der Waals surface area contributed by atoms with Crippen LogP contribution in [0.15, 0.2) is 41.4 Å². The highest BCUT2D eigenvalue weighted by molar-refractivity contribution is 6.36. The number of primary amides is 1. The van der Waals surface area contributed by atoms with Crippen molar-refractivity contribution < 1.29 is 31.9 Å². The molecule has 1 fully saturated rings. The molecule has 0 spiro atoms. The van der Waals surface area contributed by atoms with Crippen LogP contribution in [-0.2, 0) is 14.4 Å². The summed E-state index contributed by atoms with van der Waals surface area (Å²) in [5.74, 6) is -4.44. The van der Waals surface area contributed by atoms with Crippen LogP contribution in [0.25, 0.3) is 0 Å². The van der Waals surface area contributed by atoms with E-state index in [-0.39, 0.29) is 28.9 Å². The van der Waals surface area contributed by atoms with Crippen LogP contribution in [0.2, 0.25) is 5.02 Å². The molecule has 0 bridgehead atoms. The molecule has 2 aromatic carbocycles. The average molecular weight is 567 g/mol. The van der Waals surface area contributed by atoms with Gasteiger partial charge < -0.3 is 16.0 Å². The number of benzodiazepines with no additional fused rings is 1. The largest absolute Gasteiger partial charge is 0.389 e. The van der Waals surface area contributed by atoms with Crippen LogP contribution in [0.4, 0.5) is 23.2 Å². The molecule has 3 N–H and O–H groups in total. The first-order valence-electron chi connectivity index (χ1n) is 12.4. The number of carbonyl (C=O) groups is 3. The predicted molar refractivity (Wildman–Crippen MR) is 138 cm³/mol. The molecule has 1 aliphatic carbocycles. The maximum Gasteiger partial charge on any atom is 0.389 e. The number of alkyl halides is 3. The molecule has 2 aromatic rings. The summed E-state index contributed by atoms with van der Waals surface area (Å²) < 4.78 is 53.5. The minimum absolute atomic E-state index is 0.0166. The number of hydrogen-bond donors (Lipinski definition) is 2. The predicted octanol–water partition coefficient (Wildman–Crippen LogP) is 4.98. The highest BCUT2D eigenvalue weighted by Gasteiger charge is 2.41. The van der Waals surface area contributed by atoms with Crippen LogP contribution in [0.3, 0.4) is 0 Å². The van der Waals surface area contributed by atoms with Crippen molar-refractivity contribution in [2.24, 2.45) is 22.6 Å². The van der Waals surface area contributed by atoms with E-state index in [0.717, 1.165) is 17.7 Å². The summed E-state index contributed by atoms with van der Waals surface area (Å²) in [6, 6.07) is 9.01. The fourth-order valence-electron chi connectivity index (χ4n) is 4.62. The van der Waals surface area contributed by atoms with E-state index < -0.39 is 61.1 Å². The van der Waals surface area contributed by atoms with Crippen molar-refractivity contribution in [1.29, 1.82) is 0 Å². The fourth-order valence-corrected chi connectivity index (χ4v) is 4.84. The minimum atomic E-state index is -4.56. The zero-order valence-electron chi connectivity index (χ0n) is 21.0. The summed E-state index contributed by atoms with van der Waals surface area (Å²) in [7, 11) is 0. The first-order valence-corrected chi connectivity index (χ1v) is 12.8. The number of fused-ring (bicyclic) bond motifs is 1. The molecule has 0 saturated heterocycles. The van der Waals surface area contributed by atoms with Crippen molar-refractivity contribution in [1.82, 2.24) is 4.90 Å². The normalized spacial score (nSPS) is 17.9. The van der Waals surface area contributed by atoms with Gasteiger partial charge in [-0.2, -0.15) is 13.2 Å². The lowest BCUT2D eigenvalue weighted by molar-refractivity contribution is -0.150. The van der Waals surface area contributed by atoms with E-state index in [1.807, 2.05) is 0 Å². The monoisotopic (exact) mass is 566 g/mol. The number of para-hydroxylation sites is 1. The summed E-state index contributed by atoms with van der Waals surface area (Å²) in [5.41, 5.74) is 6.93. The Morgan fingerprint density at radius 1 is 1.23 bits per heavy atom. The van der Waals surface area contributed by atoms with E-state index in [9.17, 15) is 31.9 Å². The Morgan fingerprint density at radius 2 is 1.95 bits per heavy atom. The molecule has 3 amide bonds. The van der Waals surface area contributed by atoms with Crippen molar-refractivity contribution in [2.45, 2.75) is 51.4 Å². The van der Waals surface area contributed by atoms with E-state index >= 15 is 0 Å². The summed E-state index contributed by atoms with van der Waals surface area (Å²) in [4.78, 5) is 44.7. The van der Waals surface area contributed by atoms with Gasteiger partial charge in [0.2, 0.25) is 18.0 Å². The molecule has 7 nitrogen and oxygen atoms in total. The van der Waals surface area contributed by atoms with Crippen molar-refractivity contribution in [2.75, 3.05) is 11.9 Å². The standard InChI is InChI=1S/C27H27ClF4N4O3/c1-14-9-17(11-18(29)10-14)22-19-3-2-4-20(28)23(19)35-25(38)24(34-22)36(13-15-5-6-15)26(39)16(12-21(33)37)7-8-27(30,31)32/h2-4,9-11,15-16,24H,5-8,12-13H2,1H3,(H2,33,37)(H,35,38)/t16-,24+/m1/s1. The number of carbonyl (C=O) groups excluding carboxylic acids is 3. The van der Waals surface area contributed by atoms with Crippen molar-refractivity contribution in [3.05, 3.63) is 63.9 Å². The van der Waals surface area contributed by atoms with Gasteiger partial charge in [0.05, 0.1) is 16.4 Å². The molecule has 208 valence electrons. The first-order chi connectivity index (χ1) is 18.3. The number of nitrogens with two attached hydrogens (primary N) is 1. The third-order valence-corrected chi connectivity index (χ3v) is 6.94. The van der Waals surface area contributed by atoms with E-state index in [1.54, 1.807) is 31.2 Å². The third-order valence-electron chi connectivity index (χ3n) is 6.62. The van der Waals surface area contributed by atoms with E-state index in [1.165, 1.54) is 12.1 Å². The molecule has 4 rings (SSSR count). The summed E-state index contributed by atoms with van der Waals surface area (Å²) in [6.45, 7) is 1.73. The first kappa shape index (κ1) is 28.5. The molecule has 0 radical (unpaired) electrons. The Balaban J connectivity index is 1.82. The van der Waals surface area contributed by atoms with Gasteiger partial charge in [-0.1, -0.05) is 23.7 Å². The van der Waals surface area contributed by atoms with Gasteiger partial charge in [0.25, 0.3) is 5.91 Å². The van der Waals surface area contributed by atoms with E-state index in [2.05, 4.69) is 10.3 Å². The minimum Gasteiger partial charge on any atom is -0.370 e. The molecule has 1 aliphatic heterocycles. The van der Waals surface area contributed by atoms with Gasteiger partial charge in [-0.3, -0.25) is 14.4 Å². The number of hydrogen-bond acceptors (Lipinski definition) is 4. The average Bonchev–Trinajstić information content (AvgIpc) is 3.66. The second kappa shape index (κ2) is 11.3. The summed E-state index contributed by atoms with van der Waals surface area (Å²) >= 11 is 6.39. The lowest BCUT2D eigenvalue weighted by Gasteiger charge is -2.31. The molecule has 12 heteroatoms. The van der Waals surface area contributed by atoms with E-state index in [4.69, 9.17) is 17.3 Å². The van der Waals surface area contributed by atoms with Gasteiger partial charge in [-0.15, -0.1) is 0 Å². The maximum absolute atomic E-state index is 14.4. The summed E-state index contributed by atoms with van der Waals surface area (Å²) in [5, 5.41) is 2.87. The highest BCUT2D eigenvalue weighted by atomic mass is 35.5. The zero-order valence-corrected chi connectivity index (χ0v) is 21.8. The Bertz CT molecular complexity index is 1310. The van der Waals surface area contributed by atoms with Crippen LogP contribution < -0.4 is 11.1 Å². The molecule has 1 heterocycles. The Kier molecular flexibility index (Phi) is 8.29. The van der Waals surface area contributed by atoms with Crippen LogP contribution in [-0.4, -0.2) is 47.2 Å². The Labute approximate surface area is 227 Å². The van der Waals surface area contributed by atoms with Gasteiger partial charge in [0, 0.05) is 36.4 Å². The van der Waals surface area contributed by atoms with Crippen molar-refractivity contribution in [3.63, 3.8) is 0 Å². The van der Waals surface area contributed by atoms with Gasteiger partial charge >= 0.3 is 6.18 Å². The SMILES string of the molecule is Cc1cc(F)cc(C2=N[C@@H](N(CC3CC3)C(=O)[C@H](CCC(F)(F)F)CC(N)=O)C(=O)Nc3c(Cl)cccc32)c1. The quantitative estimate of drug-likeness (QED) is 0.418.